The molecule has 0 saturated carbocycles. The predicted molar refractivity (Wildman–Crippen MR) is 109 cm³/mol. The first kappa shape index (κ1) is 17.8. The van der Waals surface area contributed by atoms with Crippen LogP contribution >= 0.6 is 11.8 Å². The van der Waals surface area contributed by atoms with Gasteiger partial charge in [-0.1, -0.05) is 72.4 Å². The maximum absolute atomic E-state index is 6.03. The number of nitrogens with two attached hydrogens (primary N) is 1. The van der Waals surface area contributed by atoms with Crippen molar-refractivity contribution in [2.45, 2.75) is 17.8 Å². The summed E-state index contributed by atoms with van der Waals surface area (Å²) in [6.07, 6.45) is 5.44. The number of thioether (sulfide) groups is 1. The van der Waals surface area contributed by atoms with Gasteiger partial charge in [-0.2, -0.15) is 5.10 Å². The van der Waals surface area contributed by atoms with Crippen molar-refractivity contribution in [3.05, 3.63) is 77.4 Å². The van der Waals surface area contributed by atoms with Crippen LogP contribution in [0.5, 0.6) is 0 Å². The van der Waals surface area contributed by atoms with Crippen molar-refractivity contribution < 1.29 is 0 Å². The van der Waals surface area contributed by atoms with Crippen LogP contribution in [0.3, 0.4) is 0 Å². The third-order valence-corrected chi connectivity index (χ3v) is 4.69. The fourth-order valence-electron chi connectivity index (χ4n) is 2.22. The van der Waals surface area contributed by atoms with Gasteiger partial charge < -0.3 is 5.84 Å². The molecule has 0 aliphatic rings. The Kier molecular flexibility index (Phi) is 6.05. The highest BCUT2D eigenvalue weighted by Gasteiger charge is 2.10. The molecule has 1 heterocycles. The molecule has 0 radical (unpaired) electrons. The van der Waals surface area contributed by atoms with E-state index in [1.54, 1.807) is 6.21 Å². The fourth-order valence-corrected chi connectivity index (χ4v) is 3.16. The Bertz CT molecular complexity index is 901. The van der Waals surface area contributed by atoms with Crippen LogP contribution in [0.4, 0.5) is 5.95 Å². The monoisotopic (exact) mass is 364 g/mol. The van der Waals surface area contributed by atoms with Crippen molar-refractivity contribution in [1.82, 2.24) is 14.9 Å². The zero-order valence-corrected chi connectivity index (χ0v) is 15.2. The summed E-state index contributed by atoms with van der Waals surface area (Å²) in [5, 5.41) is 12.8. The number of nitrogens with one attached hydrogen (secondary N) is 1. The number of aromatic nitrogens is 3. The first-order chi connectivity index (χ1) is 12.7. The normalized spacial score (nSPS) is 11.4. The number of nitrogens with zero attached hydrogens (tertiary/aromatic N) is 4. The lowest BCUT2D eigenvalue weighted by Crippen LogP contribution is -2.13. The molecule has 0 unspecified atom stereocenters. The van der Waals surface area contributed by atoms with Gasteiger partial charge in [0.2, 0.25) is 5.16 Å². The lowest BCUT2D eigenvalue weighted by molar-refractivity contribution is 0.847. The molecule has 0 spiro atoms. The average molecular weight is 364 g/mol. The van der Waals surface area contributed by atoms with Gasteiger partial charge in [0.05, 0.1) is 0 Å². The molecule has 7 heteroatoms. The lowest BCUT2D eigenvalue weighted by Gasteiger charge is -2.05. The molecule has 0 amide bonds. The van der Waals surface area contributed by atoms with Crippen molar-refractivity contribution in [2.24, 2.45) is 5.10 Å². The van der Waals surface area contributed by atoms with Crippen molar-refractivity contribution in [2.75, 3.05) is 11.3 Å². The Balaban J connectivity index is 1.54. The highest BCUT2D eigenvalue weighted by Crippen LogP contribution is 2.23. The molecule has 3 rings (SSSR count). The molecule has 0 saturated heterocycles. The van der Waals surface area contributed by atoms with Crippen molar-refractivity contribution >= 4 is 30.0 Å². The van der Waals surface area contributed by atoms with E-state index in [2.05, 4.69) is 39.8 Å². The zero-order chi connectivity index (χ0) is 18.2. The Labute approximate surface area is 156 Å². The zero-order valence-electron chi connectivity index (χ0n) is 14.4. The predicted octanol–water partition coefficient (Wildman–Crippen LogP) is 3.70. The third-order valence-electron chi connectivity index (χ3n) is 3.70. The van der Waals surface area contributed by atoms with Gasteiger partial charge in [0.25, 0.3) is 5.95 Å². The second kappa shape index (κ2) is 8.87. The fraction of sp³-hybridized carbons (Fsp3) is 0.105. The number of hydrogen-bond acceptors (Lipinski definition) is 6. The quantitative estimate of drug-likeness (QED) is 0.289. The number of rotatable bonds is 7. The minimum atomic E-state index is 0.390. The second-order valence-electron chi connectivity index (χ2n) is 5.55. The molecule has 3 N–H and O–H groups in total. The number of allylic oxidation sites excluding steroid dienone is 1. The molecule has 0 aliphatic heterocycles. The molecule has 2 aromatic carbocycles. The summed E-state index contributed by atoms with van der Waals surface area (Å²) in [7, 11) is 0. The first-order valence-electron chi connectivity index (χ1n) is 8.12. The molecule has 1 aromatic heterocycles. The summed E-state index contributed by atoms with van der Waals surface area (Å²) in [4.78, 5) is 0. The van der Waals surface area contributed by atoms with E-state index >= 15 is 0 Å². The minimum Gasteiger partial charge on any atom is -0.334 e. The van der Waals surface area contributed by atoms with Gasteiger partial charge in [0.15, 0.2) is 0 Å². The summed E-state index contributed by atoms with van der Waals surface area (Å²) in [5.41, 5.74) is 6.40. The smallest absolute Gasteiger partial charge is 0.264 e. The van der Waals surface area contributed by atoms with Crippen LogP contribution in [-0.2, 0) is 5.75 Å². The van der Waals surface area contributed by atoms with E-state index in [1.807, 2.05) is 54.6 Å². The molecule has 3 aromatic rings. The van der Waals surface area contributed by atoms with Crippen LogP contribution < -0.4 is 11.3 Å². The molecule has 132 valence electrons. The van der Waals surface area contributed by atoms with Crippen LogP contribution in [0.15, 0.2) is 70.9 Å². The van der Waals surface area contributed by atoms with E-state index in [0.29, 0.717) is 11.1 Å². The number of hydrazone groups is 1. The van der Waals surface area contributed by atoms with Crippen molar-refractivity contribution in [3.8, 4) is 0 Å². The molecule has 26 heavy (non-hydrogen) atoms. The van der Waals surface area contributed by atoms with Crippen LogP contribution in [-0.4, -0.2) is 21.1 Å². The van der Waals surface area contributed by atoms with Gasteiger partial charge in [-0.05, 0) is 29.7 Å². The van der Waals surface area contributed by atoms with Crippen molar-refractivity contribution in [3.63, 3.8) is 0 Å². The summed E-state index contributed by atoms with van der Waals surface area (Å²) in [6, 6.07) is 18.2. The minimum absolute atomic E-state index is 0.390. The van der Waals surface area contributed by atoms with Gasteiger partial charge in [0, 0.05) is 12.0 Å². The number of nitrogen functional groups attached to an aromatic ring is 1. The number of hydrogen-bond donors (Lipinski definition) is 2. The Hall–Kier alpha value is -3.06. The Morgan fingerprint density at radius 1 is 1.12 bits per heavy atom. The van der Waals surface area contributed by atoms with Crippen LogP contribution in [0.25, 0.3) is 6.08 Å². The SMILES string of the molecule is Cc1ccccc1CSc1nnc(N/N=C/C=C/c2ccccc2)n1N. The lowest BCUT2D eigenvalue weighted by atomic mass is 10.1. The molecule has 0 fully saturated rings. The highest BCUT2D eigenvalue weighted by atomic mass is 32.2. The number of anilines is 1. The number of benzene rings is 2. The van der Waals surface area contributed by atoms with Gasteiger partial charge in [-0.25, -0.2) is 10.1 Å². The summed E-state index contributed by atoms with van der Waals surface area (Å²) in [6.45, 7) is 2.09. The molecule has 0 bridgehead atoms. The third kappa shape index (κ3) is 4.73. The standard InChI is InChI=1S/C19H20N6S/c1-15-8-5-6-12-17(15)14-26-19-24-23-18(25(19)20)22-21-13-7-11-16-9-3-2-4-10-16/h2-13H,14,20H2,1H3,(H,22,23)/b11-7+,21-13+. The Morgan fingerprint density at radius 2 is 1.88 bits per heavy atom. The van der Waals surface area contributed by atoms with Gasteiger partial charge in [-0.3, -0.25) is 0 Å². The molecular formula is C19H20N6S. The maximum atomic E-state index is 6.03. The van der Waals surface area contributed by atoms with E-state index in [-0.39, 0.29) is 0 Å². The molecule has 0 aliphatic carbocycles. The largest absolute Gasteiger partial charge is 0.334 e. The molecular weight excluding hydrogens is 344 g/mol. The van der Waals surface area contributed by atoms with E-state index in [1.165, 1.54) is 27.6 Å². The summed E-state index contributed by atoms with van der Waals surface area (Å²) in [5.74, 6) is 7.20. The average Bonchev–Trinajstić information content (AvgIpc) is 3.01. The van der Waals surface area contributed by atoms with Gasteiger partial charge in [-0.15, -0.1) is 10.2 Å². The van der Waals surface area contributed by atoms with Crippen molar-refractivity contribution in [1.29, 1.82) is 0 Å². The summed E-state index contributed by atoms with van der Waals surface area (Å²) >= 11 is 1.53. The van der Waals surface area contributed by atoms with Crippen LogP contribution in [0, 0.1) is 6.92 Å². The summed E-state index contributed by atoms with van der Waals surface area (Å²) < 4.78 is 1.40. The topological polar surface area (TPSA) is 81.1 Å². The first-order valence-corrected chi connectivity index (χ1v) is 9.11. The van der Waals surface area contributed by atoms with Gasteiger partial charge in [0.1, 0.15) is 0 Å². The Morgan fingerprint density at radius 3 is 2.69 bits per heavy atom. The second-order valence-corrected chi connectivity index (χ2v) is 6.49. The van der Waals surface area contributed by atoms with E-state index < -0.39 is 0 Å². The number of aryl methyl sites for hydroxylation is 1. The van der Waals surface area contributed by atoms with Gasteiger partial charge >= 0.3 is 0 Å². The van der Waals surface area contributed by atoms with E-state index in [4.69, 9.17) is 5.84 Å². The molecule has 6 nitrogen and oxygen atoms in total. The maximum Gasteiger partial charge on any atom is 0.264 e. The van der Waals surface area contributed by atoms with Crippen LogP contribution in [0.2, 0.25) is 0 Å². The van der Waals surface area contributed by atoms with E-state index in [0.717, 1.165) is 11.3 Å². The molecule has 0 atom stereocenters. The van der Waals surface area contributed by atoms with Crippen LogP contribution in [0.1, 0.15) is 16.7 Å². The highest BCUT2D eigenvalue weighted by molar-refractivity contribution is 7.98. The van der Waals surface area contributed by atoms with E-state index in [9.17, 15) is 0 Å².